The molecule has 1 atom stereocenters. The molecule has 0 spiro atoms. The number of anilines is 2. The van der Waals surface area contributed by atoms with Gasteiger partial charge >= 0.3 is 0 Å². The van der Waals surface area contributed by atoms with E-state index in [0.717, 1.165) is 0 Å². The summed E-state index contributed by atoms with van der Waals surface area (Å²) in [7, 11) is 5.97. The summed E-state index contributed by atoms with van der Waals surface area (Å²) in [5.41, 5.74) is -0.560. The van der Waals surface area contributed by atoms with Gasteiger partial charge in [-0.05, 0) is 48.5 Å². The highest BCUT2D eigenvalue weighted by atomic mass is 19.1. The minimum Gasteiger partial charge on any atom is -0.493 e. The van der Waals surface area contributed by atoms with Crippen LogP contribution in [0.5, 0.6) is 23.0 Å². The number of amides is 2. The topological polar surface area (TPSA) is 99.5 Å². The summed E-state index contributed by atoms with van der Waals surface area (Å²) in [6.07, 6.45) is -0.190. The van der Waals surface area contributed by atoms with Crippen LogP contribution in [0.3, 0.4) is 0 Å². The van der Waals surface area contributed by atoms with Crippen LogP contribution in [0.1, 0.15) is 12.2 Å². The number of ether oxygens (including phenoxy) is 4. The van der Waals surface area contributed by atoms with Crippen molar-refractivity contribution in [1.29, 1.82) is 0 Å². The Morgan fingerprint density at radius 1 is 0.850 bits per heavy atom. The second-order valence-electron chi connectivity index (χ2n) is 8.97. The quantitative estimate of drug-likeness (QED) is 0.281. The number of methoxy groups -OCH3 is 4. The molecule has 9 nitrogen and oxygen atoms in total. The molecule has 1 aromatic heterocycles. The number of nitrogens with one attached hydrogen (secondary N) is 1. The van der Waals surface area contributed by atoms with Crippen molar-refractivity contribution in [1.82, 2.24) is 0 Å². The molecule has 3 aromatic carbocycles. The lowest BCUT2D eigenvalue weighted by Crippen LogP contribution is -2.67. The fourth-order valence-electron chi connectivity index (χ4n) is 4.83. The van der Waals surface area contributed by atoms with E-state index in [0.29, 0.717) is 34.4 Å². The van der Waals surface area contributed by atoms with Crippen LogP contribution in [0.2, 0.25) is 0 Å². The molecule has 0 radical (unpaired) electrons. The van der Waals surface area contributed by atoms with E-state index in [-0.39, 0.29) is 29.4 Å². The second-order valence-corrected chi connectivity index (χ2v) is 8.97. The zero-order valence-electron chi connectivity index (χ0n) is 22.3. The van der Waals surface area contributed by atoms with Crippen LogP contribution in [0.4, 0.5) is 15.8 Å². The van der Waals surface area contributed by atoms with Gasteiger partial charge in [0, 0.05) is 23.5 Å². The Hall–Kier alpha value is -4.99. The molecule has 40 heavy (non-hydrogen) atoms. The maximum absolute atomic E-state index is 14.6. The normalized spacial score (nSPS) is 16.2. The van der Waals surface area contributed by atoms with Crippen LogP contribution in [-0.4, -0.2) is 40.3 Å². The van der Waals surface area contributed by atoms with Gasteiger partial charge in [-0.25, -0.2) is 4.39 Å². The average molecular weight is 547 g/mol. The summed E-state index contributed by atoms with van der Waals surface area (Å²) in [5, 5.41) is 2.88. The van der Waals surface area contributed by atoms with E-state index in [1.54, 1.807) is 66.7 Å². The molecule has 4 aromatic rings. The van der Waals surface area contributed by atoms with E-state index in [9.17, 15) is 14.0 Å². The van der Waals surface area contributed by atoms with Gasteiger partial charge in [-0.1, -0.05) is 12.1 Å². The summed E-state index contributed by atoms with van der Waals surface area (Å²) in [5.74, 6) is 0.781. The third-order valence-corrected chi connectivity index (χ3v) is 6.83. The SMILES string of the molecule is COc1ccc(NC(=O)C2(c3ccc(-c4ccccc4F)o3)CC(=O)N2c2ccc(OC)c(OC)c2)cc1OC. The third kappa shape index (κ3) is 4.37. The minimum absolute atomic E-state index is 0.165. The standard InChI is InChI=1S/C30H27FN2O7/c1-36-23-11-9-18(15-25(23)38-3)32-29(35)30(27-14-13-22(40-27)20-7-5-6-8-21(20)31)17-28(34)33(30)19-10-12-24(37-2)26(16-19)39-4/h5-16H,17H2,1-4H3,(H,32,35). The number of furan rings is 1. The van der Waals surface area contributed by atoms with Gasteiger partial charge in [0.15, 0.2) is 28.5 Å². The number of halogens is 1. The lowest BCUT2D eigenvalue weighted by molar-refractivity contribution is -0.138. The van der Waals surface area contributed by atoms with Gasteiger partial charge in [0.2, 0.25) is 5.91 Å². The number of benzene rings is 3. The number of carbonyl (C=O) groups is 2. The molecule has 1 aliphatic heterocycles. The van der Waals surface area contributed by atoms with Crippen molar-refractivity contribution in [2.75, 3.05) is 38.7 Å². The Morgan fingerprint density at radius 3 is 2.15 bits per heavy atom. The van der Waals surface area contributed by atoms with Crippen LogP contribution in [-0.2, 0) is 15.1 Å². The van der Waals surface area contributed by atoms with E-state index in [2.05, 4.69) is 5.32 Å². The van der Waals surface area contributed by atoms with Crippen LogP contribution < -0.4 is 29.2 Å². The lowest BCUT2D eigenvalue weighted by Gasteiger charge is -2.49. The Labute approximate surface area is 230 Å². The highest BCUT2D eigenvalue weighted by Gasteiger charge is 2.61. The molecule has 0 bridgehead atoms. The smallest absolute Gasteiger partial charge is 0.259 e. The summed E-state index contributed by atoms with van der Waals surface area (Å²) >= 11 is 0. The van der Waals surface area contributed by atoms with Gasteiger partial charge < -0.3 is 28.7 Å². The Kier molecular flexibility index (Phi) is 7.08. The maximum atomic E-state index is 14.6. The van der Waals surface area contributed by atoms with E-state index in [1.165, 1.54) is 39.4 Å². The zero-order valence-corrected chi connectivity index (χ0v) is 22.3. The molecule has 0 aliphatic carbocycles. The molecule has 1 N–H and O–H groups in total. The highest BCUT2D eigenvalue weighted by molar-refractivity contribution is 6.16. The monoisotopic (exact) mass is 546 g/mol. The van der Waals surface area contributed by atoms with Gasteiger partial charge in [-0.2, -0.15) is 0 Å². The Morgan fingerprint density at radius 2 is 1.50 bits per heavy atom. The van der Waals surface area contributed by atoms with Gasteiger partial charge in [0.25, 0.3) is 5.91 Å². The summed E-state index contributed by atoms with van der Waals surface area (Å²) in [4.78, 5) is 28.6. The summed E-state index contributed by atoms with van der Waals surface area (Å²) < 4.78 is 42.1. The molecular weight excluding hydrogens is 519 g/mol. The van der Waals surface area contributed by atoms with Crippen molar-refractivity contribution in [2.24, 2.45) is 0 Å². The highest BCUT2D eigenvalue weighted by Crippen LogP contribution is 2.48. The van der Waals surface area contributed by atoms with Crippen LogP contribution in [0.25, 0.3) is 11.3 Å². The van der Waals surface area contributed by atoms with Gasteiger partial charge in [0.1, 0.15) is 17.3 Å². The van der Waals surface area contributed by atoms with Crippen molar-refractivity contribution < 1.29 is 37.3 Å². The van der Waals surface area contributed by atoms with Gasteiger partial charge in [-0.3, -0.25) is 14.5 Å². The molecule has 1 saturated heterocycles. The van der Waals surface area contributed by atoms with Crippen molar-refractivity contribution >= 4 is 23.2 Å². The van der Waals surface area contributed by atoms with E-state index < -0.39 is 17.3 Å². The number of nitrogens with zero attached hydrogens (tertiary/aromatic N) is 1. The molecule has 10 heteroatoms. The summed E-state index contributed by atoms with van der Waals surface area (Å²) in [6.45, 7) is 0. The number of carbonyl (C=O) groups excluding carboxylic acids is 2. The largest absolute Gasteiger partial charge is 0.493 e. The third-order valence-electron chi connectivity index (χ3n) is 6.83. The molecule has 1 fully saturated rings. The molecule has 0 saturated carbocycles. The first-order valence-electron chi connectivity index (χ1n) is 12.3. The molecule has 5 rings (SSSR count). The molecule has 206 valence electrons. The Bertz CT molecular complexity index is 1580. The summed E-state index contributed by atoms with van der Waals surface area (Å²) in [6, 6.07) is 19.1. The number of β-lactam (4-membered cyclic amide) rings is 1. The maximum Gasteiger partial charge on any atom is 0.259 e. The fourth-order valence-corrected chi connectivity index (χ4v) is 4.83. The van der Waals surface area contributed by atoms with Crippen molar-refractivity contribution in [3.63, 3.8) is 0 Å². The molecule has 1 aliphatic rings. The predicted molar refractivity (Wildman–Crippen MR) is 146 cm³/mol. The number of hydrogen-bond acceptors (Lipinski definition) is 7. The van der Waals surface area contributed by atoms with Gasteiger partial charge in [-0.15, -0.1) is 0 Å². The van der Waals surface area contributed by atoms with Crippen LogP contribution in [0.15, 0.2) is 77.2 Å². The molecule has 2 amide bonds. The zero-order chi connectivity index (χ0) is 28.4. The van der Waals surface area contributed by atoms with E-state index >= 15 is 0 Å². The predicted octanol–water partition coefficient (Wildman–Crippen LogP) is 5.39. The Balaban J connectivity index is 1.61. The van der Waals surface area contributed by atoms with Crippen molar-refractivity contribution in [2.45, 2.75) is 12.0 Å². The van der Waals surface area contributed by atoms with E-state index in [4.69, 9.17) is 23.4 Å². The molecule has 1 unspecified atom stereocenters. The lowest BCUT2D eigenvalue weighted by atomic mass is 9.79. The minimum atomic E-state index is -1.59. The van der Waals surface area contributed by atoms with Crippen LogP contribution in [0, 0.1) is 5.82 Å². The first-order chi connectivity index (χ1) is 19.4. The fraction of sp³-hybridized carbons (Fsp3) is 0.200. The first-order valence-corrected chi connectivity index (χ1v) is 12.3. The van der Waals surface area contributed by atoms with Crippen molar-refractivity contribution in [3.8, 4) is 34.3 Å². The number of hydrogen-bond donors (Lipinski definition) is 1. The number of rotatable bonds is 9. The van der Waals surface area contributed by atoms with Crippen LogP contribution >= 0.6 is 0 Å². The average Bonchev–Trinajstić information content (AvgIpc) is 3.45. The first kappa shape index (κ1) is 26.6. The molecular formula is C30H27FN2O7. The van der Waals surface area contributed by atoms with E-state index in [1.807, 2.05) is 0 Å². The second kappa shape index (κ2) is 10.6. The molecule has 2 heterocycles. The van der Waals surface area contributed by atoms with Crippen molar-refractivity contribution in [3.05, 3.63) is 84.4 Å². The van der Waals surface area contributed by atoms with Gasteiger partial charge in [0.05, 0.1) is 40.4 Å².